The molecule has 2 rings (SSSR count). The molecule has 0 aliphatic heterocycles. The van der Waals surface area contributed by atoms with Crippen molar-refractivity contribution in [1.82, 2.24) is 0 Å². The van der Waals surface area contributed by atoms with Crippen LogP contribution < -0.4 is 0 Å². The van der Waals surface area contributed by atoms with Crippen molar-refractivity contribution in [2.75, 3.05) is 7.11 Å². The van der Waals surface area contributed by atoms with Gasteiger partial charge in [0.1, 0.15) is 0 Å². The predicted molar refractivity (Wildman–Crippen MR) is 137 cm³/mol. The number of rotatable bonds is 16. The van der Waals surface area contributed by atoms with Crippen molar-refractivity contribution >= 4 is 29.5 Å². The van der Waals surface area contributed by atoms with Crippen molar-refractivity contribution < 1.29 is 24.2 Å². The number of methoxy groups -OCH3 is 1. The van der Waals surface area contributed by atoms with Gasteiger partial charge < -0.3 is 9.84 Å². The highest BCUT2D eigenvalue weighted by atomic mass is 32.2. The van der Waals surface area contributed by atoms with E-state index in [1.165, 1.54) is 51.0 Å². The lowest BCUT2D eigenvalue weighted by Crippen LogP contribution is -2.05. The third kappa shape index (κ3) is 9.49. The summed E-state index contributed by atoms with van der Waals surface area (Å²) in [6.45, 7) is 2.22. The molecule has 0 bridgehead atoms. The molecule has 34 heavy (non-hydrogen) atoms. The van der Waals surface area contributed by atoms with Crippen molar-refractivity contribution in [3.63, 3.8) is 0 Å². The van der Waals surface area contributed by atoms with Gasteiger partial charge in [0.15, 0.2) is 5.78 Å². The lowest BCUT2D eigenvalue weighted by Gasteiger charge is -2.10. The number of carbonyl (C=O) groups excluding carboxylic acids is 2. The minimum atomic E-state index is -0.955. The molecule has 1 atom stereocenters. The lowest BCUT2D eigenvalue weighted by molar-refractivity contribution is -0.140. The fraction of sp³-hybridized carbons (Fsp3) is 0.536. The first-order valence-corrected chi connectivity index (χ1v) is 13.3. The fourth-order valence-corrected chi connectivity index (χ4v) is 5.08. The monoisotopic (exact) mass is 486 g/mol. The smallest absolute Gasteiger partial charge is 0.335 e. The zero-order chi connectivity index (χ0) is 24.8. The van der Waals surface area contributed by atoms with Crippen LogP contribution in [0.15, 0.2) is 51.8 Å². The van der Waals surface area contributed by atoms with E-state index in [-0.39, 0.29) is 23.2 Å². The second-order valence-electron chi connectivity index (χ2n) is 8.79. The molecular formula is C28H38O5S. The number of carbonyl (C=O) groups is 3. The number of unbranched alkanes of at least 4 members (excludes halogenated alkanes) is 8. The summed E-state index contributed by atoms with van der Waals surface area (Å²) in [5.74, 6) is -0.888. The molecule has 1 aromatic carbocycles. The molecule has 0 saturated carbocycles. The molecule has 1 aliphatic rings. The van der Waals surface area contributed by atoms with Gasteiger partial charge in [-0.1, -0.05) is 75.8 Å². The summed E-state index contributed by atoms with van der Waals surface area (Å²) in [6.07, 6.45) is 16.5. The molecule has 0 aromatic heterocycles. The van der Waals surface area contributed by atoms with E-state index in [1.807, 2.05) is 0 Å². The first kappa shape index (κ1) is 27.9. The Kier molecular flexibility index (Phi) is 12.8. The lowest BCUT2D eigenvalue weighted by atomic mass is 9.94. The van der Waals surface area contributed by atoms with Crippen LogP contribution in [0.5, 0.6) is 0 Å². The van der Waals surface area contributed by atoms with Gasteiger partial charge >= 0.3 is 11.9 Å². The summed E-state index contributed by atoms with van der Waals surface area (Å²) in [7, 11) is 1.41. The van der Waals surface area contributed by atoms with Crippen LogP contribution in [0.3, 0.4) is 0 Å². The van der Waals surface area contributed by atoms with Gasteiger partial charge in [0.25, 0.3) is 0 Å². The molecule has 0 radical (unpaired) electrons. The second-order valence-corrected chi connectivity index (χ2v) is 9.90. The number of benzene rings is 1. The average Bonchev–Trinajstić information content (AvgIpc) is 3.12. The van der Waals surface area contributed by atoms with E-state index in [0.29, 0.717) is 6.42 Å². The summed E-state index contributed by atoms with van der Waals surface area (Å²) in [4.78, 5) is 37.1. The summed E-state index contributed by atoms with van der Waals surface area (Å²) in [5, 5.41) is 9.10. The maximum Gasteiger partial charge on any atom is 0.335 e. The largest absolute Gasteiger partial charge is 0.478 e. The molecule has 6 heteroatoms. The number of ether oxygens (including phenoxy) is 1. The highest BCUT2D eigenvalue weighted by Crippen LogP contribution is 2.39. The van der Waals surface area contributed by atoms with Crippen molar-refractivity contribution in [3.05, 3.63) is 52.5 Å². The molecule has 0 spiro atoms. The number of thioether (sulfide) groups is 1. The van der Waals surface area contributed by atoms with Crippen LogP contribution in [0.4, 0.5) is 0 Å². The Bertz CT molecular complexity index is 869. The fourth-order valence-electron chi connectivity index (χ4n) is 4.11. The Hall–Kier alpha value is -2.34. The molecule has 0 saturated heterocycles. The van der Waals surface area contributed by atoms with Crippen molar-refractivity contribution in [1.29, 1.82) is 0 Å². The number of esters is 1. The van der Waals surface area contributed by atoms with E-state index in [4.69, 9.17) is 5.11 Å². The SMILES string of the molecule is CCCCCCCC[C@@H]1C=C(Sc2ccc(C(=O)O)cc2)C(=O)/C1=C\CCCCCC(=O)OC. The molecule has 0 fully saturated rings. The van der Waals surface area contributed by atoms with E-state index in [2.05, 4.69) is 23.8 Å². The van der Waals surface area contributed by atoms with Crippen molar-refractivity contribution in [2.24, 2.45) is 5.92 Å². The normalized spacial score (nSPS) is 16.6. The summed E-state index contributed by atoms with van der Waals surface area (Å²) >= 11 is 1.42. The van der Waals surface area contributed by atoms with E-state index >= 15 is 0 Å². The molecule has 186 valence electrons. The number of Topliss-reactive ketones (excluding diaryl/α,β-unsaturated/α-hetero) is 1. The van der Waals surface area contributed by atoms with E-state index in [9.17, 15) is 14.4 Å². The van der Waals surface area contributed by atoms with Gasteiger partial charge in [-0.15, -0.1) is 0 Å². The Labute approximate surface area is 208 Å². The number of ketones is 1. The van der Waals surface area contributed by atoms with Gasteiger partial charge in [-0.2, -0.15) is 0 Å². The molecular weight excluding hydrogens is 448 g/mol. The summed E-state index contributed by atoms with van der Waals surface area (Å²) in [5.41, 5.74) is 1.14. The zero-order valence-electron chi connectivity index (χ0n) is 20.5. The first-order chi connectivity index (χ1) is 16.5. The zero-order valence-corrected chi connectivity index (χ0v) is 21.3. The molecule has 1 N–H and O–H groups in total. The Balaban J connectivity index is 1.97. The van der Waals surface area contributed by atoms with Gasteiger partial charge in [-0.05, 0) is 49.9 Å². The van der Waals surface area contributed by atoms with Crippen LogP contribution in [0.25, 0.3) is 0 Å². The maximum absolute atomic E-state index is 13.2. The Morgan fingerprint density at radius 2 is 1.68 bits per heavy atom. The minimum Gasteiger partial charge on any atom is -0.478 e. The highest BCUT2D eigenvalue weighted by Gasteiger charge is 2.30. The predicted octanol–water partition coefficient (Wildman–Crippen LogP) is 7.36. The quantitative estimate of drug-likeness (QED) is 0.149. The topological polar surface area (TPSA) is 80.7 Å². The van der Waals surface area contributed by atoms with Crippen LogP contribution in [0.2, 0.25) is 0 Å². The third-order valence-electron chi connectivity index (χ3n) is 6.11. The molecule has 0 amide bonds. The van der Waals surface area contributed by atoms with Gasteiger partial charge in [0.2, 0.25) is 0 Å². The van der Waals surface area contributed by atoms with Crippen LogP contribution in [0.1, 0.15) is 94.3 Å². The first-order valence-electron chi connectivity index (χ1n) is 12.5. The second kappa shape index (κ2) is 15.5. The third-order valence-corrected chi connectivity index (χ3v) is 7.16. The summed E-state index contributed by atoms with van der Waals surface area (Å²) in [6, 6.07) is 6.66. The standard InChI is InChI=1S/C28H38O5S/c1-3-4-5-6-7-10-13-22-20-25(34-23-18-16-21(17-19-23)28(31)32)27(30)24(22)14-11-8-9-12-15-26(29)33-2/h14,16-20,22H,3-13,15H2,1-2H3,(H,31,32)/b24-14-/t22-/m1/s1. The Morgan fingerprint density at radius 3 is 2.35 bits per heavy atom. The number of hydrogen-bond donors (Lipinski definition) is 1. The van der Waals surface area contributed by atoms with E-state index in [1.54, 1.807) is 24.3 Å². The number of hydrogen-bond acceptors (Lipinski definition) is 5. The van der Waals surface area contributed by atoms with Crippen LogP contribution in [-0.2, 0) is 14.3 Å². The maximum atomic E-state index is 13.2. The number of carboxylic acid groups (broad SMARTS) is 1. The number of allylic oxidation sites excluding steroid dienone is 4. The highest BCUT2D eigenvalue weighted by molar-refractivity contribution is 8.04. The number of carboxylic acids is 1. The van der Waals surface area contributed by atoms with Crippen LogP contribution in [0, 0.1) is 5.92 Å². The van der Waals surface area contributed by atoms with E-state index < -0.39 is 5.97 Å². The van der Waals surface area contributed by atoms with Gasteiger partial charge in [0.05, 0.1) is 17.6 Å². The van der Waals surface area contributed by atoms with Crippen LogP contribution >= 0.6 is 11.8 Å². The Morgan fingerprint density at radius 1 is 1.00 bits per heavy atom. The van der Waals surface area contributed by atoms with Crippen molar-refractivity contribution in [3.8, 4) is 0 Å². The van der Waals surface area contributed by atoms with Gasteiger partial charge in [-0.3, -0.25) is 9.59 Å². The number of aromatic carboxylic acids is 1. The summed E-state index contributed by atoms with van der Waals surface area (Å²) < 4.78 is 4.68. The minimum absolute atomic E-state index is 0.0952. The molecule has 1 aromatic rings. The molecule has 5 nitrogen and oxygen atoms in total. The molecule has 0 heterocycles. The van der Waals surface area contributed by atoms with Crippen LogP contribution in [-0.4, -0.2) is 29.9 Å². The average molecular weight is 487 g/mol. The van der Waals surface area contributed by atoms with Gasteiger partial charge in [-0.25, -0.2) is 4.79 Å². The molecule has 1 aliphatic carbocycles. The van der Waals surface area contributed by atoms with E-state index in [0.717, 1.165) is 53.9 Å². The van der Waals surface area contributed by atoms with Crippen molar-refractivity contribution in [2.45, 2.75) is 88.9 Å². The molecule has 0 unspecified atom stereocenters. The van der Waals surface area contributed by atoms with Gasteiger partial charge in [0, 0.05) is 22.8 Å².